The zero-order chi connectivity index (χ0) is 26.2. The molecule has 0 saturated heterocycles. The molecule has 0 unspecified atom stereocenters. The molecule has 3 nitrogen and oxygen atoms in total. The van der Waals surface area contributed by atoms with Gasteiger partial charge in [0.1, 0.15) is 10.1 Å². The van der Waals surface area contributed by atoms with Crippen LogP contribution in [-0.4, -0.2) is 13.0 Å². The summed E-state index contributed by atoms with van der Waals surface area (Å²) in [5.41, 5.74) is 0.950. The molecule has 1 rings (SSSR count). The van der Waals surface area contributed by atoms with Crippen molar-refractivity contribution in [3.05, 3.63) is 29.8 Å². The van der Waals surface area contributed by atoms with Gasteiger partial charge in [-0.25, -0.2) is 8.42 Å². The number of aryl methyl sites for hydroxylation is 1. The van der Waals surface area contributed by atoms with Crippen LogP contribution in [-0.2, 0) is 16.5 Å². The minimum atomic E-state index is -4.34. The molecule has 0 bridgehead atoms. The summed E-state index contributed by atoms with van der Waals surface area (Å²) in [5.74, 6) is 0. The third-order valence-corrected chi connectivity index (χ3v) is 8.34. The maximum atomic E-state index is 11.1. The zero-order valence-electron chi connectivity index (χ0n) is 24.6. The summed E-state index contributed by atoms with van der Waals surface area (Å²) in [5, 5.41) is 0. The number of hydrogen-bond acceptors (Lipinski definition) is 3. The summed E-state index contributed by atoms with van der Waals surface area (Å²) in [6.45, 7) is 2.29. The first-order valence-corrected chi connectivity index (χ1v) is 17.0. The summed E-state index contributed by atoms with van der Waals surface area (Å²) >= 11 is 0. The van der Waals surface area contributed by atoms with Gasteiger partial charge in [-0.05, 0) is 30.5 Å². The van der Waals surface area contributed by atoms with Crippen molar-refractivity contribution in [2.24, 2.45) is 0 Å². The van der Waals surface area contributed by atoms with Gasteiger partial charge in [0.2, 0.25) is 0 Å². The molecule has 0 aliphatic carbocycles. The van der Waals surface area contributed by atoms with Crippen LogP contribution in [0.1, 0.15) is 167 Å². The van der Waals surface area contributed by atoms with Crippen molar-refractivity contribution < 1.29 is 42.5 Å². The van der Waals surface area contributed by atoms with Crippen LogP contribution in [0, 0.1) is 0 Å². The van der Waals surface area contributed by atoms with Gasteiger partial charge in [0.15, 0.2) is 0 Å². The van der Waals surface area contributed by atoms with Gasteiger partial charge in [-0.1, -0.05) is 167 Å². The Morgan fingerprint density at radius 2 is 0.865 bits per heavy atom. The van der Waals surface area contributed by atoms with Gasteiger partial charge in [-0.3, -0.25) is 0 Å². The molecule has 0 saturated carbocycles. The Morgan fingerprint density at radius 1 is 0.541 bits per heavy atom. The standard InChI is InChI=1S/C32H58O3S.Na/c1-2-3-4-5-6-7-8-9-10-11-12-13-14-15-16-17-18-19-20-21-22-23-24-25-27-31-28-26-29-32(30-31)36(33,34)35;/h26,28-30H,2-25,27H2,1H3,(H,33,34,35);/q;+1/p-1. The third-order valence-electron chi connectivity index (χ3n) is 7.51. The molecule has 1 aromatic carbocycles. The van der Waals surface area contributed by atoms with Crippen LogP contribution in [0.25, 0.3) is 0 Å². The molecule has 0 spiro atoms. The monoisotopic (exact) mass is 544 g/mol. The molecule has 37 heavy (non-hydrogen) atoms. The van der Waals surface area contributed by atoms with Crippen LogP contribution in [0.3, 0.4) is 0 Å². The van der Waals surface area contributed by atoms with Crippen molar-refractivity contribution in [3.63, 3.8) is 0 Å². The fraction of sp³-hybridized carbons (Fsp3) is 0.812. The summed E-state index contributed by atoms with van der Waals surface area (Å²) < 4.78 is 33.3. The number of hydrogen-bond donors (Lipinski definition) is 0. The van der Waals surface area contributed by atoms with Crippen LogP contribution >= 0.6 is 0 Å². The quantitative estimate of drug-likeness (QED) is 0.0688. The van der Waals surface area contributed by atoms with Gasteiger partial charge in [0, 0.05) is 0 Å². The largest absolute Gasteiger partial charge is 1.00 e. The summed E-state index contributed by atoms with van der Waals surface area (Å²) in [6, 6.07) is 6.49. The smallest absolute Gasteiger partial charge is 0.744 e. The number of benzene rings is 1. The van der Waals surface area contributed by atoms with Gasteiger partial charge in [0.05, 0.1) is 4.90 Å². The molecule has 210 valence electrons. The first kappa shape index (κ1) is 37.1. The van der Waals surface area contributed by atoms with Crippen molar-refractivity contribution in [2.75, 3.05) is 0 Å². The molecule has 0 N–H and O–H groups in total. The van der Waals surface area contributed by atoms with Crippen molar-refractivity contribution >= 4 is 10.1 Å². The van der Waals surface area contributed by atoms with Crippen LogP contribution in [0.5, 0.6) is 0 Å². The van der Waals surface area contributed by atoms with Crippen molar-refractivity contribution in [2.45, 2.75) is 172 Å². The van der Waals surface area contributed by atoms with E-state index in [1.807, 2.05) is 6.07 Å². The van der Waals surface area contributed by atoms with E-state index in [-0.39, 0.29) is 34.5 Å². The van der Waals surface area contributed by atoms with Crippen molar-refractivity contribution in [3.8, 4) is 0 Å². The van der Waals surface area contributed by atoms with Gasteiger partial charge in [-0.15, -0.1) is 0 Å². The fourth-order valence-electron chi connectivity index (χ4n) is 5.15. The normalized spacial score (nSPS) is 11.5. The average molecular weight is 545 g/mol. The van der Waals surface area contributed by atoms with Crippen molar-refractivity contribution in [1.29, 1.82) is 0 Å². The Morgan fingerprint density at radius 3 is 1.19 bits per heavy atom. The Hall–Kier alpha value is 0.130. The van der Waals surface area contributed by atoms with E-state index in [4.69, 9.17) is 0 Å². The summed E-state index contributed by atoms with van der Waals surface area (Å²) in [6.07, 6.45) is 34.1. The predicted octanol–water partition coefficient (Wildman–Crippen LogP) is 7.52. The topological polar surface area (TPSA) is 57.2 Å². The zero-order valence-corrected chi connectivity index (χ0v) is 27.4. The van der Waals surface area contributed by atoms with Crippen LogP contribution in [0.4, 0.5) is 0 Å². The van der Waals surface area contributed by atoms with Gasteiger partial charge < -0.3 is 4.55 Å². The van der Waals surface area contributed by atoms with E-state index in [0.717, 1.165) is 18.4 Å². The van der Waals surface area contributed by atoms with E-state index in [1.54, 1.807) is 6.07 Å². The minimum Gasteiger partial charge on any atom is -0.744 e. The second-order valence-corrected chi connectivity index (χ2v) is 12.4. The van der Waals surface area contributed by atoms with E-state index < -0.39 is 10.1 Å². The second-order valence-electron chi connectivity index (χ2n) is 11.0. The molecule has 0 fully saturated rings. The molecule has 0 amide bonds. The van der Waals surface area contributed by atoms with E-state index in [0.29, 0.717) is 0 Å². The summed E-state index contributed by atoms with van der Waals surface area (Å²) in [7, 11) is -4.34. The minimum absolute atomic E-state index is 0. The van der Waals surface area contributed by atoms with Crippen molar-refractivity contribution in [1.82, 2.24) is 0 Å². The van der Waals surface area contributed by atoms with E-state index in [1.165, 1.54) is 160 Å². The van der Waals surface area contributed by atoms with E-state index in [9.17, 15) is 13.0 Å². The Labute approximate surface area is 253 Å². The molecule has 0 aromatic heterocycles. The summed E-state index contributed by atoms with van der Waals surface area (Å²) in [4.78, 5) is -0.107. The van der Waals surface area contributed by atoms with Crippen LogP contribution < -0.4 is 29.6 Å². The average Bonchev–Trinajstić information content (AvgIpc) is 2.86. The maximum Gasteiger partial charge on any atom is 1.00 e. The molecule has 0 heterocycles. The number of rotatable bonds is 26. The van der Waals surface area contributed by atoms with E-state index in [2.05, 4.69) is 6.92 Å². The Bertz CT molecular complexity index is 720. The van der Waals surface area contributed by atoms with E-state index >= 15 is 0 Å². The maximum absolute atomic E-state index is 11.1. The SMILES string of the molecule is CCCCCCCCCCCCCCCCCCCCCCCCCCc1cccc(S(=O)(=O)[O-])c1.[Na+]. The molecule has 1 aromatic rings. The fourth-order valence-corrected chi connectivity index (χ4v) is 5.69. The Kier molecular flexibility index (Phi) is 26.5. The molecule has 0 atom stereocenters. The first-order valence-electron chi connectivity index (χ1n) is 15.6. The third kappa shape index (κ3) is 23.7. The molecule has 0 aliphatic heterocycles. The van der Waals surface area contributed by atoms with Gasteiger partial charge >= 0.3 is 29.6 Å². The molecule has 0 aliphatic rings. The molecule has 5 heteroatoms. The van der Waals surface area contributed by atoms with Crippen LogP contribution in [0.15, 0.2) is 29.2 Å². The predicted molar refractivity (Wildman–Crippen MR) is 155 cm³/mol. The molecular formula is C32H57NaO3S. The Balaban J connectivity index is 0.0000130. The molecular weight excluding hydrogens is 487 g/mol. The first-order chi connectivity index (χ1) is 17.5. The van der Waals surface area contributed by atoms with Gasteiger partial charge in [-0.2, -0.15) is 0 Å². The second kappa shape index (κ2) is 26.4. The van der Waals surface area contributed by atoms with Crippen LogP contribution in [0.2, 0.25) is 0 Å². The number of unbranched alkanes of at least 4 members (excludes halogenated alkanes) is 23. The molecule has 0 radical (unpaired) electrons. The van der Waals surface area contributed by atoms with Gasteiger partial charge in [0.25, 0.3) is 0 Å².